The van der Waals surface area contributed by atoms with E-state index in [0.717, 1.165) is 0 Å². The van der Waals surface area contributed by atoms with E-state index in [1.165, 1.54) is 0 Å². The van der Waals surface area contributed by atoms with Crippen LogP contribution in [0.4, 0.5) is 0 Å². The Labute approximate surface area is 90.7 Å². The van der Waals surface area contributed by atoms with E-state index in [4.69, 9.17) is 9.79 Å². The monoisotopic (exact) mass is 161 g/mol. The van der Waals surface area contributed by atoms with Gasteiger partial charge < -0.3 is 9.79 Å². The summed E-state index contributed by atoms with van der Waals surface area (Å²) in [7, 11) is -4.37. The first-order valence-electron chi connectivity index (χ1n) is 1.00. The molecule has 0 aromatic heterocycles. The second-order valence-electron chi connectivity index (χ2n) is 0.596. The molecule has 0 saturated heterocycles. The molecule has 8 heavy (non-hydrogen) atoms. The van der Waals surface area contributed by atoms with Gasteiger partial charge in [0.25, 0.3) is 0 Å². The van der Waals surface area contributed by atoms with Crippen LogP contribution in [0.25, 0.3) is 0 Å². The van der Waals surface area contributed by atoms with Gasteiger partial charge in [-0.05, 0) is 0 Å². The van der Waals surface area contributed by atoms with Gasteiger partial charge in [0, 0.05) is 0 Å². The molecule has 0 saturated carbocycles. The summed E-state index contributed by atoms with van der Waals surface area (Å²) in [5, 5.41) is 0. The Morgan fingerprint density at radius 2 is 1.50 bits per heavy atom. The number of nitrogens with two attached hydrogens (primary N) is 1. The molecule has 0 spiro atoms. The fourth-order valence-corrected chi connectivity index (χ4v) is 0. The molecular formula is H6NNa2O4P. The van der Waals surface area contributed by atoms with E-state index in [0.29, 0.717) is 0 Å². The minimum absolute atomic E-state index is 0. The molecule has 0 unspecified atom stereocenters. The summed E-state index contributed by atoms with van der Waals surface area (Å²) >= 11 is 0. The Balaban J connectivity index is -0.000000125. The van der Waals surface area contributed by atoms with E-state index in [2.05, 4.69) is 10.5 Å². The van der Waals surface area contributed by atoms with E-state index >= 15 is 0 Å². The van der Waals surface area contributed by atoms with Crippen LogP contribution in [0, 0.1) is 0 Å². The van der Waals surface area contributed by atoms with Crippen LogP contribution in [0.1, 0.15) is 0 Å². The van der Waals surface area contributed by atoms with E-state index in [1.807, 2.05) is 0 Å². The van der Waals surface area contributed by atoms with Gasteiger partial charge in [-0.3, -0.25) is 0 Å². The van der Waals surface area contributed by atoms with Crippen molar-refractivity contribution in [2.75, 3.05) is 0 Å². The molecule has 0 bridgehead atoms. The third-order valence-electron chi connectivity index (χ3n) is 0.137. The zero-order valence-corrected chi connectivity index (χ0v) is 3.63. The first-order chi connectivity index (χ1) is 2.56. The molecule has 0 aliphatic rings. The molecule has 0 aliphatic carbocycles. The van der Waals surface area contributed by atoms with Crippen LogP contribution in [0.3, 0.4) is 0 Å². The summed E-state index contributed by atoms with van der Waals surface area (Å²) in [4.78, 5) is 15.2. The zero-order valence-electron chi connectivity index (χ0n) is 2.74. The van der Waals surface area contributed by atoms with Gasteiger partial charge in [0.05, 0.1) is 0 Å². The van der Waals surface area contributed by atoms with Crippen LogP contribution < -0.4 is 5.90 Å². The molecule has 0 heterocycles. The Hall–Kier alpha value is 2.07. The van der Waals surface area contributed by atoms with Crippen LogP contribution in [0.5, 0.6) is 0 Å². The maximum absolute atomic E-state index is 9.35. The number of phosphoric acid groups is 1. The van der Waals surface area contributed by atoms with Gasteiger partial charge in [-0.15, -0.1) is 0 Å². The summed E-state index contributed by atoms with van der Waals surface area (Å²) in [6.07, 6.45) is 0. The Kier molecular flexibility index (Phi) is 14.9. The second-order valence-corrected chi connectivity index (χ2v) is 1.79. The van der Waals surface area contributed by atoms with Crippen molar-refractivity contribution < 1.29 is 19.0 Å². The number of hydrogen-bond donors (Lipinski definition) is 3. The number of rotatable bonds is 1. The van der Waals surface area contributed by atoms with Crippen molar-refractivity contribution in [2.24, 2.45) is 5.90 Å². The average molecular weight is 161 g/mol. The van der Waals surface area contributed by atoms with E-state index in [-0.39, 0.29) is 59.1 Å². The van der Waals surface area contributed by atoms with Crippen molar-refractivity contribution >= 4 is 66.9 Å². The fourth-order valence-electron chi connectivity index (χ4n) is 0. The first-order valence-corrected chi connectivity index (χ1v) is 2.53. The molecule has 0 aromatic carbocycles. The Bertz CT molecular complexity index is 78.1. The Morgan fingerprint density at radius 1 is 1.38 bits per heavy atom. The van der Waals surface area contributed by atoms with E-state index in [1.54, 1.807) is 0 Å². The van der Waals surface area contributed by atoms with Crippen molar-refractivity contribution in [1.29, 1.82) is 0 Å². The SMILES string of the molecule is NOP(=O)(O)O.[NaH].[NaH]. The average Bonchev–Trinajstić information content (AvgIpc) is 1.35. The van der Waals surface area contributed by atoms with Gasteiger partial charge in [-0.1, -0.05) is 0 Å². The summed E-state index contributed by atoms with van der Waals surface area (Å²) in [5.74, 6) is 4.04. The molecule has 5 nitrogen and oxygen atoms in total. The van der Waals surface area contributed by atoms with Crippen molar-refractivity contribution in [3.05, 3.63) is 0 Å². The summed E-state index contributed by atoms with van der Waals surface area (Å²) in [6.45, 7) is 0. The van der Waals surface area contributed by atoms with Gasteiger partial charge >= 0.3 is 66.9 Å². The van der Waals surface area contributed by atoms with Gasteiger partial charge in [0.1, 0.15) is 0 Å². The van der Waals surface area contributed by atoms with Crippen LogP contribution in [-0.4, -0.2) is 68.9 Å². The molecule has 0 fully saturated rings. The standard InChI is InChI=1S/H4NO4P.2Na.2H/c1-5-6(2,3)4;;;;/h1H2,(H2,2,3,4);;;;. The predicted molar refractivity (Wildman–Crippen MR) is 31.6 cm³/mol. The van der Waals surface area contributed by atoms with Gasteiger partial charge in [0.15, 0.2) is 0 Å². The van der Waals surface area contributed by atoms with Crippen LogP contribution >= 0.6 is 7.82 Å². The minimum atomic E-state index is -4.37. The molecular weight excluding hydrogens is 155 g/mol. The third-order valence-corrected chi connectivity index (χ3v) is 0.412. The zero-order chi connectivity index (χ0) is 5.21. The molecule has 0 atom stereocenters. The van der Waals surface area contributed by atoms with Crippen molar-refractivity contribution in [3.63, 3.8) is 0 Å². The van der Waals surface area contributed by atoms with Crippen molar-refractivity contribution in [1.82, 2.24) is 0 Å². The molecule has 8 heteroatoms. The quantitative estimate of drug-likeness (QED) is 0.228. The van der Waals surface area contributed by atoms with Crippen LogP contribution in [0.2, 0.25) is 0 Å². The summed E-state index contributed by atoms with van der Waals surface area (Å²) in [6, 6.07) is 0. The van der Waals surface area contributed by atoms with Crippen molar-refractivity contribution in [2.45, 2.75) is 0 Å². The van der Waals surface area contributed by atoms with E-state index < -0.39 is 7.82 Å². The van der Waals surface area contributed by atoms with Gasteiger partial charge in [-0.2, -0.15) is 0 Å². The van der Waals surface area contributed by atoms with Crippen LogP contribution in [-0.2, 0) is 9.19 Å². The predicted octanol–water partition coefficient (Wildman–Crippen LogP) is -2.33. The van der Waals surface area contributed by atoms with E-state index in [9.17, 15) is 4.57 Å². The second kappa shape index (κ2) is 7.18. The molecule has 0 rings (SSSR count). The molecule has 42 valence electrons. The van der Waals surface area contributed by atoms with Crippen LogP contribution in [0.15, 0.2) is 0 Å². The molecule has 0 aliphatic heterocycles. The molecule has 0 radical (unpaired) electrons. The third kappa shape index (κ3) is 15.7. The molecule has 0 amide bonds. The van der Waals surface area contributed by atoms with Crippen molar-refractivity contribution in [3.8, 4) is 0 Å². The van der Waals surface area contributed by atoms with Gasteiger partial charge in [0.2, 0.25) is 0 Å². The molecule has 0 aromatic rings. The normalized spacial score (nSPS) is 8.88. The topological polar surface area (TPSA) is 92.8 Å². The summed E-state index contributed by atoms with van der Waals surface area (Å²) in [5.41, 5.74) is 0. The summed E-state index contributed by atoms with van der Waals surface area (Å²) < 4.78 is 12.5. The van der Waals surface area contributed by atoms with Gasteiger partial charge in [-0.25, -0.2) is 15.1 Å². The first kappa shape index (κ1) is 16.6. The maximum atomic E-state index is 9.35. The molecule has 4 N–H and O–H groups in total. The number of hydrogen-bond acceptors (Lipinski definition) is 3. The fraction of sp³-hybridized carbons (Fsp3) is 0. The Morgan fingerprint density at radius 3 is 1.50 bits per heavy atom.